The van der Waals surface area contributed by atoms with Crippen molar-refractivity contribution in [3.63, 3.8) is 0 Å². The number of esters is 1. The number of fused-ring (bicyclic) bond motifs is 5. The second-order valence-electron chi connectivity index (χ2n) is 7.02. The van der Waals surface area contributed by atoms with Crippen LogP contribution >= 0.6 is 15.9 Å². The van der Waals surface area contributed by atoms with Crippen molar-refractivity contribution >= 4 is 39.9 Å². The molecule has 28 heavy (non-hydrogen) atoms. The highest BCUT2D eigenvalue weighted by Crippen LogP contribution is 2.52. The Kier molecular flexibility index (Phi) is 5.05. The van der Waals surface area contributed by atoms with Crippen LogP contribution in [0.1, 0.15) is 18.9 Å². The summed E-state index contributed by atoms with van der Waals surface area (Å²) in [6.45, 7) is 1.84. The molecule has 0 N–H and O–H groups in total. The van der Waals surface area contributed by atoms with Gasteiger partial charge in [-0.1, -0.05) is 12.2 Å². The Bertz CT molecular complexity index is 867. The number of imide groups is 1. The number of ether oxygens (including phenoxy) is 2. The maximum atomic E-state index is 12.6. The summed E-state index contributed by atoms with van der Waals surface area (Å²) in [5.41, 5.74) is 0.689. The normalized spacial score (nSPS) is 27.7. The third-order valence-electron chi connectivity index (χ3n) is 5.38. The monoisotopic (exact) mass is 446 g/mol. The summed E-state index contributed by atoms with van der Waals surface area (Å²) >= 11 is 3.38. The maximum Gasteiger partial charge on any atom is 0.344 e. The van der Waals surface area contributed by atoms with Crippen molar-refractivity contribution in [1.29, 1.82) is 0 Å². The predicted molar refractivity (Wildman–Crippen MR) is 103 cm³/mol. The SMILES string of the molecule is CCOC(=O)COc1ccc(C=NN2C(=O)C3C4C=CC(C4)C3C2=O)cc1Br. The summed E-state index contributed by atoms with van der Waals surface area (Å²) in [6.07, 6.45) is 6.48. The van der Waals surface area contributed by atoms with Crippen molar-refractivity contribution in [3.05, 3.63) is 40.4 Å². The van der Waals surface area contributed by atoms with E-state index in [2.05, 4.69) is 33.2 Å². The van der Waals surface area contributed by atoms with Gasteiger partial charge in [0, 0.05) is 0 Å². The minimum Gasteiger partial charge on any atom is -0.481 e. The van der Waals surface area contributed by atoms with Crippen LogP contribution in [-0.4, -0.2) is 42.2 Å². The van der Waals surface area contributed by atoms with Crippen molar-refractivity contribution in [2.75, 3.05) is 13.2 Å². The molecule has 0 radical (unpaired) electrons. The van der Waals surface area contributed by atoms with E-state index in [1.807, 2.05) is 0 Å². The highest BCUT2D eigenvalue weighted by Gasteiger charge is 2.59. The summed E-state index contributed by atoms with van der Waals surface area (Å²) in [7, 11) is 0. The van der Waals surface area contributed by atoms with E-state index in [-0.39, 0.29) is 42.1 Å². The lowest BCUT2D eigenvalue weighted by molar-refractivity contribution is -0.145. The van der Waals surface area contributed by atoms with Gasteiger partial charge in [0.1, 0.15) is 5.75 Å². The lowest BCUT2D eigenvalue weighted by atomic mass is 9.85. The van der Waals surface area contributed by atoms with Gasteiger partial charge in [0.15, 0.2) is 6.61 Å². The van der Waals surface area contributed by atoms with E-state index in [0.717, 1.165) is 11.4 Å². The largest absolute Gasteiger partial charge is 0.481 e. The molecular formula is C20H19BrN2O5. The van der Waals surface area contributed by atoms with Gasteiger partial charge in [-0.3, -0.25) is 9.59 Å². The van der Waals surface area contributed by atoms with Gasteiger partial charge in [0.05, 0.1) is 29.1 Å². The zero-order valence-electron chi connectivity index (χ0n) is 15.2. The van der Waals surface area contributed by atoms with Crippen molar-refractivity contribution in [2.24, 2.45) is 28.8 Å². The maximum absolute atomic E-state index is 12.6. The fourth-order valence-electron chi connectivity index (χ4n) is 4.18. The third-order valence-corrected chi connectivity index (χ3v) is 6.00. The fourth-order valence-corrected chi connectivity index (χ4v) is 4.69. The molecule has 4 rings (SSSR count). The van der Waals surface area contributed by atoms with E-state index in [1.165, 1.54) is 6.21 Å². The first-order valence-electron chi connectivity index (χ1n) is 9.17. The van der Waals surface area contributed by atoms with Gasteiger partial charge in [0.2, 0.25) is 0 Å². The molecule has 3 aliphatic rings. The Morgan fingerprint density at radius 3 is 2.54 bits per heavy atom. The Balaban J connectivity index is 1.43. The Morgan fingerprint density at radius 2 is 1.93 bits per heavy atom. The van der Waals surface area contributed by atoms with E-state index >= 15 is 0 Å². The Labute approximate surface area is 170 Å². The number of rotatable bonds is 6. The van der Waals surface area contributed by atoms with Gasteiger partial charge >= 0.3 is 5.97 Å². The lowest BCUT2D eigenvalue weighted by Gasteiger charge is -2.13. The number of carbonyl (C=O) groups excluding carboxylic acids is 3. The zero-order chi connectivity index (χ0) is 19.8. The fraction of sp³-hybridized carbons (Fsp3) is 0.400. The van der Waals surface area contributed by atoms with Crippen LogP contribution in [0.5, 0.6) is 5.75 Å². The number of hydrogen-bond donors (Lipinski definition) is 0. The molecule has 1 heterocycles. The van der Waals surface area contributed by atoms with Crippen LogP contribution in [-0.2, 0) is 19.1 Å². The van der Waals surface area contributed by atoms with Gasteiger partial charge < -0.3 is 9.47 Å². The average Bonchev–Trinajstić information content (AvgIpc) is 3.34. The van der Waals surface area contributed by atoms with Crippen molar-refractivity contribution in [3.8, 4) is 5.75 Å². The van der Waals surface area contributed by atoms with E-state index in [4.69, 9.17) is 9.47 Å². The van der Waals surface area contributed by atoms with Crippen LogP contribution in [0, 0.1) is 23.7 Å². The summed E-state index contributed by atoms with van der Waals surface area (Å²) < 4.78 is 10.9. The molecule has 2 bridgehead atoms. The molecule has 1 aromatic carbocycles. The molecule has 146 valence electrons. The van der Waals surface area contributed by atoms with E-state index in [9.17, 15) is 14.4 Å². The van der Waals surface area contributed by atoms with Crippen LogP contribution in [0.15, 0.2) is 39.9 Å². The standard InChI is InChI=1S/C20H19BrN2O5/c1-2-27-16(24)10-28-15-6-3-11(7-14(15)21)9-22-23-19(25)17-12-4-5-13(8-12)18(17)20(23)26/h3-7,9,12-13,17-18H,2,8,10H2,1H3. The van der Waals surface area contributed by atoms with Crippen LogP contribution in [0.2, 0.25) is 0 Å². The molecule has 2 fully saturated rings. The average molecular weight is 447 g/mol. The summed E-state index contributed by atoms with van der Waals surface area (Å²) in [4.78, 5) is 36.6. The quantitative estimate of drug-likeness (QED) is 0.290. The third kappa shape index (κ3) is 3.26. The summed E-state index contributed by atoms with van der Waals surface area (Å²) in [6, 6.07) is 5.14. The number of halogens is 1. The second-order valence-corrected chi connectivity index (χ2v) is 7.87. The van der Waals surface area contributed by atoms with Gasteiger partial charge in [-0.25, -0.2) is 4.79 Å². The Morgan fingerprint density at radius 1 is 1.25 bits per heavy atom. The molecule has 2 aliphatic carbocycles. The number of amides is 2. The number of allylic oxidation sites excluding steroid dienone is 2. The molecule has 1 saturated heterocycles. The number of hydrogen-bond acceptors (Lipinski definition) is 6. The molecule has 4 atom stereocenters. The first-order chi connectivity index (χ1) is 13.5. The molecule has 2 amide bonds. The number of nitrogens with zero attached hydrogens (tertiary/aromatic N) is 2. The Hall–Kier alpha value is -2.48. The van der Waals surface area contributed by atoms with Gasteiger partial charge in [-0.2, -0.15) is 10.1 Å². The van der Waals surface area contributed by atoms with Gasteiger partial charge in [-0.15, -0.1) is 0 Å². The zero-order valence-corrected chi connectivity index (χ0v) is 16.8. The molecule has 4 unspecified atom stereocenters. The number of hydrazone groups is 1. The lowest BCUT2D eigenvalue weighted by Crippen LogP contribution is -2.28. The van der Waals surface area contributed by atoms with E-state index < -0.39 is 5.97 Å². The highest BCUT2D eigenvalue weighted by atomic mass is 79.9. The summed E-state index contributed by atoms with van der Waals surface area (Å²) in [5.74, 6) is -0.577. The minimum absolute atomic E-state index is 0.164. The van der Waals surface area contributed by atoms with Crippen LogP contribution in [0.25, 0.3) is 0 Å². The van der Waals surface area contributed by atoms with Crippen LogP contribution in [0.3, 0.4) is 0 Å². The number of carbonyl (C=O) groups is 3. The van der Waals surface area contributed by atoms with Gasteiger partial charge in [0.25, 0.3) is 11.8 Å². The molecule has 1 saturated carbocycles. The first-order valence-corrected chi connectivity index (χ1v) is 9.97. The molecule has 7 nitrogen and oxygen atoms in total. The van der Waals surface area contributed by atoms with E-state index in [0.29, 0.717) is 22.4 Å². The van der Waals surface area contributed by atoms with E-state index in [1.54, 1.807) is 25.1 Å². The van der Waals surface area contributed by atoms with Gasteiger partial charge in [-0.05, 0) is 64.9 Å². The van der Waals surface area contributed by atoms with Crippen molar-refractivity contribution in [1.82, 2.24) is 5.01 Å². The van der Waals surface area contributed by atoms with Crippen LogP contribution in [0.4, 0.5) is 0 Å². The molecule has 0 spiro atoms. The first kappa shape index (κ1) is 18.9. The second kappa shape index (κ2) is 7.50. The highest BCUT2D eigenvalue weighted by molar-refractivity contribution is 9.10. The molecule has 1 aliphatic heterocycles. The molecule has 8 heteroatoms. The summed E-state index contributed by atoms with van der Waals surface area (Å²) in [5, 5.41) is 5.16. The topological polar surface area (TPSA) is 85.3 Å². The molecular weight excluding hydrogens is 428 g/mol. The molecule has 1 aromatic rings. The molecule has 0 aromatic heterocycles. The van der Waals surface area contributed by atoms with Crippen LogP contribution < -0.4 is 4.74 Å². The smallest absolute Gasteiger partial charge is 0.344 e. The minimum atomic E-state index is -0.444. The predicted octanol–water partition coefficient (Wildman–Crippen LogP) is 2.53. The number of benzene rings is 1. The van der Waals surface area contributed by atoms with Crippen molar-refractivity contribution < 1.29 is 23.9 Å². The van der Waals surface area contributed by atoms with Crippen molar-refractivity contribution in [2.45, 2.75) is 13.3 Å².